The molecule has 0 aromatic heterocycles. The summed E-state index contributed by atoms with van der Waals surface area (Å²) in [6.07, 6.45) is 2.48. The van der Waals surface area contributed by atoms with Gasteiger partial charge in [-0.25, -0.2) is 0 Å². The topological polar surface area (TPSA) is 52.1 Å². The SMILES string of the molecule is CCNC(=NCC(C)N1CCN(C)CC1)NCC1CCCOC1c1ccc(C)cc1.I. The van der Waals surface area contributed by atoms with Crippen LogP contribution in [0.25, 0.3) is 0 Å². The van der Waals surface area contributed by atoms with E-state index < -0.39 is 0 Å². The maximum Gasteiger partial charge on any atom is 0.191 e. The molecule has 0 aliphatic carbocycles. The van der Waals surface area contributed by atoms with E-state index in [2.05, 4.69) is 72.5 Å². The van der Waals surface area contributed by atoms with Crippen LogP contribution in [-0.4, -0.2) is 81.3 Å². The van der Waals surface area contributed by atoms with Crippen molar-refractivity contribution in [3.05, 3.63) is 35.4 Å². The highest BCUT2D eigenvalue weighted by Gasteiger charge is 2.27. The highest BCUT2D eigenvalue weighted by molar-refractivity contribution is 14.0. The first-order valence-electron chi connectivity index (χ1n) is 11.7. The minimum Gasteiger partial charge on any atom is -0.373 e. The standard InChI is InChI=1S/C24H41N5O.HI/c1-5-25-24(26-17-20(3)29-14-12-28(4)13-15-29)27-18-22-7-6-16-30-23(22)21-10-8-19(2)9-11-21;/h8-11,20,22-23H,5-7,12-18H2,1-4H3,(H2,25,26,27);1H. The lowest BCUT2D eigenvalue weighted by atomic mass is 9.89. The number of ether oxygens (including phenoxy) is 1. The summed E-state index contributed by atoms with van der Waals surface area (Å²) in [6.45, 7) is 14.5. The molecule has 0 radical (unpaired) electrons. The molecule has 3 unspecified atom stereocenters. The number of guanidine groups is 1. The normalized spacial score (nSPS) is 24.3. The number of hydrogen-bond acceptors (Lipinski definition) is 4. The lowest BCUT2D eigenvalue weighted by molar-refractivity contribution is -0.0265. The van der Waals surface area contributed by atoms with Gasteiger partial charge in [0.15, 0.2) is 5.96 Å². The van der Waals surface area contributed by atoms with Crippen LogP contribution in [0.4, 0.5) is 0 Å². The second-order valence-electron chi connectivity index (χ2n) is 8.89. The molecule has 6 nitrogen and oxygen atoms in total. The van der Waals surface area contributed by atoms with E-state index in [0.29, 0.717) is 12.0 Å². The number of hydrogen-bond donors (Lipinski definition) is 2. The number of nitrogens with one attached hydrogen (secondary N) is 2. The number of aliphatic imine (C=N–C) groups is 1. The van der Waals surface area contributed by atoms with Crippen molar-refractivity contribution in [2.75, 3.05) is 59.5 Å². The first-order valence-corrected chi connectivity index (χ1v) is 11.7. The molecule has 31 heavy (non-hydrogen) atoms. The maximum atomic E-state index is 6.18. The van der Waals surface area contributed by atoms with E-state index in [4.69, 9.17) is 9.73 Å². The van der Waals surface area contributed by atoms with Crippen LogP contribution in [0.3, 0.4) is 0 Å². The Kier molecular flexibility index (Phi) is 11.6. The Bertz CT molecular complexity index is 660. The first kappa shape index (κ1) is 26.4. The Balaban J connectivity index is 0.00000341. The predicted molar refractivity (Wildman–Crippen MR) is 141 cm³/mol. The van der Waals surface area contributed by atoms with Gasteiger partial charge < -0.3 is 20.3 Å². The van der Waals surface area contributed by atoms with Crippen LogP contribution in [0.1, 0.15) is 43.9 Å². The van der Waals surface area contributed by atoms with Crippen molar-refractivity contribution in [1.82, 2.24) is 20.4 Å². The highest BCUT2D eigenvalue weighted by atomic mass is 127. The van der Waals surface area contributed by atoms with E-state index in [1.165, 1.54) is 17.5 Å². The molecule has 0 spiro atoms. The lowest BCUT2D eigenvalue weighted by Crippen LogP contribution is -2.49. The van der Waals surface area contributed by atoms with Crippen LogP contribution >= 0.6 is 24.0 Å². The number of piperazine rings is 1. The highest BCUT2D eigenvalue weighted by Crippen LogP contribution is 2.33. The molecule has 3 rings (SSSR count). The van der Waals surface area contributed by atoms with Gasteiger partial charge in [-0.05, 0) is 46.2 Å². The fourth-order valence-corrected chi connectivity index (χ4v) is 4.35. The summed E-state index contributed by atoms with van der Waals surface area (Å²) in [5, 5.41) is 7.02. The Morgan fingerprint density at radius 3 is 2.55 bits per heavy atom. The maximum absolute atomic E-state index is 6.18. The zero-order valence-electron chi connectivity index (χ0n) is 19.8. The van der Waals surface area contributed by atoms with Crippen molar-refractivity contribution in [2.45, 2.75) is 45.8 Å². The molecule has 0 amide bonds. The molecule has 2 N–H and O–H groups in total. The van der Waals surface area contributed by atoms with E-state index in [1.54, 1.807) is 0 Å². The summed E-state index contributed by atoms with van der Waals surface area (Å²) >= 11 is 0. The average molecular weight is 544 g/mol. The van der Waals surface area contributed by atoms with Gasteiger partial charge in [0.2, 0.25) is 0 Å². The van der Waals surface area contributed by atoms with Gasteiger partial charge >= 0.3 is 0 Å². The largest absolute Gasteiger partial charge is 0.373 e. The molecule has 7 heteroatoms. The molecule has 2 fully saturated rings. The zero-order chi connectivity index (χ0) is 21.3. The number of likely N-dealkylation sites (N-methyl/N-ethyl adjacent to an activating group) is 1. The molecule has 0 bridgehead atoms. The Labute approximate surface area is 206 Å². The number of nitrogens with zero attached hydrogens (tertiary/aromatic N) is 3. The molecule has 176 valence electrons. The minimum atomic E-state index is 0. The third kappa shape index (κ3) is 8.18. The van der Waals surface area contributed by atoms with Crippen LogP contribution in [0.5, 0.6) is 0 Å². The van der Waals surface area contributed by atoms with Gasteiger partial charge in [0.1, 0.15) is 0 Å². The van der Waals surface area contributed by atoms with Crippen LogP contribution in [-0.2, 0) is 4.74 Å². The molecular formula is C24H42IN5O. The van der Waals surface area contributed by atoms with E-state index in [0.717, 1.165) is 64.8 Å². The van der Waals surface area contributed by atoms with E-state index in [9.17, 15) is 0 Å². The van der Waals surface area contributed by atoms with Crippen molar-refractivity contribution in [1.29, 1.82) is 0 Å². The van der Waals surface area contributed by atoms with Crippen molar-refractivity contribution in [3.63, 3.8) is 0 Å². The number of aryl methyl sites for hydroxylation is 1. The summed E-state index contributed by atoms with van der Waals surface area (Å²) in [5.41, 5.74) is 2.58. The third-order valence-electron chi connectivity index (χ3n) is 6.40. The summed E-state index contributed by atoms with van der Waals surface area (Å²) in [4.78, 5) is 9.85. The fourth-order valence-electron chi connectivity index (χ4n) is 4.35. The quantitative estimate of drug-likeness (QED) is 0.314. The van der Waals surface area contributed by atoms with Crippen LogP contribution in [0, 0.1) is 12.8 Å². The minimum absolute atomic E-state index is 0. The summed E-state index contributed by atoms with van der Waals surface area (Å²) in [6, 6.07) is 9.27. The molecule has 1 aromatic carbocycles. The number of rotatable bonds is 7. The van der Waals surface area contributed by atoms with Crippen LogP contribution in [0.15, 0.2) is 29.3 Å². The molecular weight excluding hydrogens is 501 g/mol. The van der Waals surface area contributed by atoms with Gasteiger partial charge in [-0.1, -0.05) is 29.8 Å². The first-order chi connectivity index (χ1) is 14.6. The average Bonchev–Trinajstić information content (AvgIpc) is 2.77. The van der Waals surface area contributed by atoms with Crippen molar-refractivity contribution in [2.24, 2.45) is 10.9 Å². The number of benzene rings is 1. The molecule has 2 heterocycles. The molecule has 2 saturated heterocycles. The summed E-state index contributed by atoms with van der Waals surface area (Å²) < 4.78 is 6.18. The molecule has 2 aliphatic heterocycles. The molecule has 0 saturated carbocycles. The fraction of sp³-hybridized carbons (Fsp3) is 0.708. The van der Waals surface area contributed by atoms with Gasteiger partial charge in [0, 0.05) is 57.8 Å². The van der Waals surface area contributed by atoms with Crippen molar-refractivity contribution in [3.8, 4) is 0 Å². The third-order valence-corrected chi connectivity index (χ3v) is 6.40. The molecule has 1 aromatic rings. The van der Waals surface area contributed by atoms with Crippen LogP contribution < -0.4 is 10.6 Å². The van der Waals surface area contributed by atoms with Gasteiger partial charge in [-0.15, -0.1) is 24.0 Å². The Morgan fingerprint density at radius 1 is 1.16 bits per heavy atom. The summed E-state index contributed by atoms with van der Waals surface area (Å²) in [5.74, 6) is 1.38. The van der Waals surface area contributed by atoms with Crippen LogP contribution in [0.2, 0.25) is 0 Å². The van der Waals surface area contributed by atoms with E-state index in [-0.39, 0.29) is 30.1 Å². The summed E-state index contributed by atoms with van der Waals surface area (Å²) in [7, 11) is 2.20. The van der Waals surface area contributed by atoms with Gasteiger partial charge in [-0.3, -0.25) is 9.89 Å². The van der Waals surface area contributed by atoms with Gasteiger partial charge in [0.25, 0.3) is 0 Å². The van der Waals surface area contributed by atoms with E-state index >= 15 is 0 Å². The second kappa shape index (κ2) is 13.6. The smallest absolute Gasteiger partial charge is 0.191 e. The molecule has 2 aliphatic rings. The molecule has 3 atom stereocenters. The van der Waals surface area contributed by atoms with E-state index in [1.807, 2.05) is 0 Å². The van der Waals surface area contributed by atoms with Gasteiger partial charge in [0.05, 0.1) is 12.6 Å². The van der Waals surface area contributed by atoms with Crippen molar-refractivity contribution >= 4 is 29.9 Å². The second-order valence-corrected chi connectivity index (χ2v) is 8.89. The monoisotopic (exact) mass is 543 g/mol. The number of halogens is 1. The zero-order valence-corrected chi connectivity index (χ0v) is 22.1. The van der Waals surface area contributed by atoms with Gasteiger partial charge in [-0.2, -0.15) is 0 Å². The Morgan fingerprint density at radius 2 is 1.87 bits per heavy atom. The van der Waals surface area contributed by atoms with Crippen molar-refractivity contribution < 1.29 is 4.74 Å². The lowest BCUT2D eigenvalue weighted by Gasteiger charge is -2.36. The Hall–Kier alpha value is -0.900. The predicted octanol–water partition coefficient (Wildman–Crippen LogP) is 3.27.